The fourth-order valence-corrected chi connectivity index (χ4v) is 18.2. The van der Waals surface area contributed by atoms with Gasteiger partial charge in [-0.1, -0.05) is 12.1 Å². The van der Waals surface area contributed by atoms with Gasteiger partial charge in [-0.2, -0.15) is 10.4 Å². The number of aryl methyl sites for hydroxylation is 2. The van der Waals surface area contributed by atoms with E-state index in [1.807, 2.05) is 19.9 Å². The number of hydrogen-bond acceptors (Lipinski definition) is 33. The van der Waals surface area contributed by atoms with Crippen LogP contribution in [0, 0.1) is 65.9 Å². The molecule has 11 aromatic rings. The second-order valence-corrected chi connectivity index (χ2v) is 36.1. The molecule has 0 saturated heterocycles. The average Bonchev–Trinajstić information content (AvgIpc) is 1.66. The van der Waals surface area contributed by atoms with Crippen LogP contribution < -0.4 is 47.9 Å². The second-order valence-electron chi connectivity index (χ2n) is 36.1. The predicted molar refractivity (Wildman–Crippen MR) is 510 cm³/mol. The highest BCUT2D eigenvalue weighted by Crippen LogP contribution is 2.37. The van der Waals surface area contributed by atoms with Crippen molar-refractivity contribution in [1.82, 2.24) is 86.2 Å². The van der Waals surface area contributed by atoms with Crippen molar-refractivity contribution in [2.75, 3.05) is 33.6 Å². The summed E-state index contributed by atoms with van der Waals surface area (Å²) in [6.45, 7) is 4.41. The number of aliphatic hydroxyl groups is 7. The van der Waals surface area contributed by atoms with Crippen LogP contribution >= 0.6 is 0 Å². The van der Waals surface area contributed by atoms with Gasteiger partial charge in [0.05, 0.1) is 143 Å². The first-order valence-electron chi connectivity index (χ1n) is 46.8. The lowest BCUT2D eigenvalue weighted by atomic mass is 10.1. The molecule has 5 saturated carbocycles. The molecule has 39 nitrogen and oxygen atoms in total. The maximum Gasteiger partial charge on any atom is 0.272 e. The summed E-state index contributed by atoms with van der Waals surface area (Å²) in [4.78, 5) is 124. The molecule has 5 aromatic carbocycles. The van der Waals surface area contributed by atoms with Crippen LogP contribution in [-0.2, 0) is 78.1 Å². The molecule has 10 heterocycles. The maximum atomic E-state index is 13.8. The number of H-pyrrole nitrogens is 1. The summed E-state index contributed by atoms with van der Waals surface area (Å²) in [7, 11) is 1.64. The van der Waals surface area contributed by atoms with Crippen LogP contribution in [0.15, 0.2) is 143 Å². The number of nitrogens with zero attached hydrogens (tertiary/aromatic N) is 17. The van der Waals surface area contributed by atoms with E-state index in [9.17, 15) is 104 Å². The van der Waals surface area contributed by atoms with Crippen molar-refractivity contribution in [3.05, 3.63) is 259 Å². The third-order valence-corrected chi connectivity index (χ3v) is 26.1. The predicted octanol–water partition coefficient (Wildman–Crippen LogP) is 6.88. The van der Waals surface area contributed by atoms with Crippen LogP contribution in [0.25, 0.3) is 11.0 Å². The topological polar surface area (TPSA) is 569 Å². The highest BCUT2D eigenvalue weighted by atomic mass is 19.2. The van der Waals surface area contributed by atoms with E-state index >= 15 is 0 Å². The molecule has 4 aliphatic heterocycles. The zero-order valence-corrected chi connectivity index (χ0v) is 78.7. The van der Waals surface area contributed by atoms with Gasteiger partial charge < -0.3 is 88.5 Å². The van der Waals surface area contributed by atoms with E-state index in [1.165, 1.54) is 48.7 Å². The third kappa shape index (κ3) is 24.2. The van der Waals surface area contributed by atoms with Crippen LogP contribution in [-0.4, -0.2) is 252 Å². The number of hydrogen-bond donors (Lipinski definition) is 17. The summed E-state index contributed by atoms with van der Waals surface area (Å²) in [6.07, 6.45) is -0.224. The van der Waals surface area contributed by atoms with Crippen molar-refractivity contribution in [3.8, 4) is 6.07 Å². The Morgan fingerprint density at radius 3 is 1.12 bits per heavy atom. The SMILES string of the molecule is Cc1cc(C#N)cc(CNC(=O)C2=NCc3ncnc(N[C@@H]4CC[C@@H](O)[C@H]4O)c32)c1.Cc1ccc(F)cc1CN(C)C(=O)C1=NCc2ncnc(N[C@@H]3CC[C@@H](O)[C@H]3O)c21.O=C(NCc1cc(F)ccc1F)C1=NCc2ncnc(N[C@@H]3CC[C@H](F)[C@H]3O)c21.O=C(NCc1cc(F)ccc1F)C1=NCc2ncnc(N[C@H]3CC[C@@H](F)[C@@H]3O)c21.O=C(NCc1cc(F)ccc1F)c1[nH]nc2ncnc(N[C@H]3CC[C@H](F)[C@@H]3O)c12. The zero-order valence-electron chi connectivity index (χ0n) is 78.7. The number of aromatic nitrogens is 12. The number of anilines is 5. The zero-order chi connectivity index (χ0) is 104. The molecule has 15 atom stereocenters. The van der Waals surface area contributed by atoms with Crippen molar-refractivity contribution in [2.24, 2.45) is 20.0 Å². The molecule has 0 bridgehead atoms. The van der Waals surface area contributed by atoms with E-state index < -0.39 is 132 Å². The molecule has 0 spiro atoms. The average molecular weight is 2040 g/mol. The number of carbonyl (C=O) groups is 5. The summed E-state index contributed by atoms with van der Waals surface area (Å²) in [6, 6.07) is 18.6. The number of carbonyl (C=O) groups excluding carboxylic acids is 5. The second kappa shape index (κ2) is 46.3. The molecule has 5 amide bonds. The molecule has 9 aliphatic rings. The van der Waals surface area contributed by atoms with Gasteiger partial charge in [-0.15, -0.1) is 0 Å². The van der Waals surface area contributed by atoms with Gasteiger partial charge in [-0.3, -0.25) is 49.0 Å². The maximum absolute atomic E-state index is 13.8. The molecule has 0 unspecified atom stereocenters. The Labute approximate surface area is 830 Å². The van der Waals surface area contributed by atoms with E-state index in [-0.39, 0.29) is 182 Å². The number of likely N-dealkylation sites (N-methyl/N-ethyl adjacent to an activating group) is 1. The van der Waals surface area contributed by atoms with Crippen LogP contribution in [0.4, 0.5) is 73.0 Å². The summed E-state index contributed by atoms with van der Waals surface area (Å²) in [5.74, 6) is -5.03. The number of nitrogens with one attached hydrogen (secondary N) is 10. The van der Waals surface area contributed by atoms with E-state index in [2.05, 4.69) is 134 Å². The number of aliphatic hydroxyl groups excluding tert-OH is 7. The highest BCUT2D eigenvalue weighted by molar-refractivity contribution is 6.49. The molecule has 147 heavy (non-hydrogen) atoms. The Kier molecular flexibility index (Phi) is 32.8. The van der Waals surface area contributed by atoms with Crippen molar-refractivity contribution >= 4 is 92.5 Å². The number of halogens is 10. The Bertz CT molecular complexity index is 6830. The quantitative estimate of drug-likeness (QED) is 0.0259. The van der Waals surface area contributed by atoms with Crippen molar-refractivity contribution in [2.45, 2.75) is 228 Å². The number of fused-ring (bicyclic) bond motifs is 5. The number of aromatic amines is 1. The summed E-state index contributed by atoms with van der Waals surface area (Å²) in [5.41, 5.74) is 8.69. The van der Waals surface area contributed by atoms with E-state index in [0.717, 1.165) is 76.9 Å². The van der Waals surface area contributed by atoms with Gasteiger partial charge in [0.15, 0.2) is 5.65 Å². The van der Waals surface area contributed by atoms with Crippen molar-refractivity contribution < 1.29 is 104 Å². The molecule has 768 valence electrons. The van der Waals surface area contributed by atoms with Crippen LogP contribution in [0.1, 0.15) is 164 Å². The lowest BCUT2D eigenvalue weighted by Crippen LogP contribution is -2.36. The number of benzene rings is 5. The third-order valence-electron chi connectivity index (χ3n) is 26.1. The van der Waals surface area contributed by atoms with Crippen LogP contribution in [0.2, 0.25) is 0 Å². The molecule has 0 radical (unpaired) electrons. The first-order valence-corrected chi connectivity index (χ1v) is 46.8. The lowest BCUT2D eigenvalue weighted by Gasteiger charge is -2.22. The highest BCUT2D eigenvalue weighted by Gasteiger charge is 2.43. The van der Waals surface area contributed by atoms with E-state index in [1.54, 1.807) is 25.2 Å². The van der Waals surface area contributed by atoms with Crippen molar-refractivity contribution in [3.63, 3.8) is 0 Å². The first-order chi connectivity index (χ1) is 70.6. The van der Waals surface area contributed by atoms with Gasteiger partial charge in [0.25, 0.3) is 29.5 Å². The Morgan fingerprint density at radius 2 is 0.735 bits per heavy atom. The lowest BCUT2D eigenvalue weighted by molar-refractivity contribution is -0.123. The largest absolute Gasteiger partial charge is 0.390 e. The smallest absolute Gasteiger partial charge is 0.272 e. The van der Waals surface area contributed by atoms with Crippen molar-refractivity contribution in [1.29, 1.82) is 5.26 Å². The molecule has 6 aromatic heterocycles. The van der Waals surface area contributed by atoms with Gasteiger partial charge >= 0.3 is 0 Å². The molecule has 5 fully saturated rings. The van der Waals surface area contributed by atoms with Gasteiger partial charge in [-0.05, 0) is 179 Å². The Morgan fingerprint density at radius 1 is 0.395 bits per heavy atom. The summed E-state index contributed by atoms with van der Waals surface area (Å²) in [5, 5.41) is 111. The number of aliphatic imine (C=N–C) groups is 4. The standard InChI is InChI=1S/C21H24FN5O3.C21H22N6O3.2C19H18F3N5O2.C18H17F3N6O2/c1-11-3-4-13(22)7-12(11)9-27(2)21(30)18-17-15(8-23-18)24-10-25-20(17)26-14-5-6-16(28)19(14)29;1-11-4-12(7-22)6-13(5-11)8-24-21(30)18-17-15(9-23-18)25-10-26-20(17)27-14-2-3-16(28)19(14)29;2*20-10-1-2-11(21)9(5-10)6-24-19(29)16-15-14(7-23-16)25-8-26-18(15)27-13-4-3-12(22)17(13)28;19-9-1-2-10(20)8(5-9)6-22-18(29)14-13-16(23-7-24-17(13)27-26-14)25-12-4-3-11(21)15(12)28/h3-4,7,10,14,16,19,28-29H,5-6,8-9H2,1-2H3,(H,24,25,26);4-6,10,14,16,19,28-29H,2-3,8-9H2,1H3,(H,24,30)(H,25,26,27);2*1-2,5,8,12-13,17,28H,3-4,6-7H2,(H,24,29)(H,25,26,27);1-2,5,7,11-12,15,28H,3-4,6H2,(H,22,29)(H2,23,24,25,26,27)/t2*14-,16-,19+;2*12-,13+,17+;11-,12-,15-/m11100/s1. The minimum atomic E-state index is -1.34. The Balaban J connectivity index is 0.000000131. The van der Waals surface area contributed by atoms with Gasteiger partial charge in [0.1, 0.15) is 167 Å². The molecule has 5 aliphatic carbocycles. The molecule has 17 N–H and O–H groups in total. The normalized spacial score (nSPS) is 22.4. The van der Waals surface area contributed by atoms with Gasteiger partial charge in [-0.25, -0.2) is 93.7 Å². The molecular weight excluding hydrogens is 1940 g/mol. The van der Waals surface area contributed by atoms with Gasteiger partial charge in [0.2, 0.25) is 0 Å². The molecule has 49 heteroatoms. The fourth-order valence-electron chi connectivity index (χ4n) is 18.2. The van der Waals surface area contributed by atoms with Crippen LogP contribution in [0.3, 0.4) is 0 Å². The Hall–Kier alpha value is -15.5. The summed E-state index contributed by atoms with van der Waals surface area (Å²) < 4.78 is 136. The van der Waals surface area contributed by atoms with Gasteiger partial charge in [0, 0.05) is 56.5 Å². The van der Waals surface area contributed by atoms with E-state index in [4.69, 9.17) is 5.26 Å². The summed E-state index contributed by atoms with van der Waals surface area (Å²) >= 11 is 0. The number of rotatable bonds is 25. The fraction of sp³-hybridized carbons (Fsp3) is 0.378. The first kappa shape index (κ1) is 104. The molecular formula is C98H99F10N27O12. The minimum absolute atomic E-state index is 0.00268. The van der Waals surface area contributed by atoms with Crippen LogP contribution in [0.5, 0.6) is 0 Å². The molecule has 20 rings (SSSR count). The number of nitriles is 1. The monoisotopic (exact) mass is 2040 g/mol. The van der Waals surface area contributed by atoms with E-state index in [0.29, 0.717) is 107 Å². The number of alkyl halides is 3. The minimum Gasteiger partial charge on any atom is -0.390 e. The number of amides is 5.